The van der Waals surface area contributed by atoms with Crippen LogP contribution in [-0.2, 0) is 19.4 Å². The quantitative estimate of drug-likeness (QED) is 0.0917. The summed E-state index contributed by atoms with van der Waals surface area (Å²) < 4.78 is 20.8. The Morgan fingerprint density at radius 2 is 1.25 bits per heavy atom. The summed E-state index contributed by atoms with van der Waals surface area (Å²) in [6, 6.07) is 29.8. The third-order valence-corrected chi connectivity index (χ3v) is 13.6. The molecule has 14 nitrogen and oxygen atoms in total. The van der Waals surface area contributed by atoms with Gasteiger partial charge in [0.15, 0.2) is 0 Å². The summed E-state index contributed by atoms with van der Waals surface area (Å²) in [4.78, 5) is 34.9. The van der Waals surface area contributed by atoms with Crippen molar-refractivity contribution < 1.29 is 23.5 Å². The molecule has 0 aliphatic carbocycles. The van der Waals surface area contributed by atoms with Crippen molar-refractivity contribution in [3.8, 4) is 11.5 Å². The lowest BCUT2D eigenvalue weighted by molar-refractivity contribution is 0.248. The topological polar surface area (TPSA) is 151 Å². The first-order valence-corrected chi connectivity index (χ1v) is 23.9. The fourth-order valence-electron chi connectivity index (χ4n) is 9.67. The average Bonchev–Trinajstić information content (AvgIpc) is 4.14. The van der Waals surface area contributed by atoms with E-state index in [2.05, 4.69) is 93.9 Å². The molecule has 65 heavy (non-hydrogen) atoms. The number of unbranched alkanes of at least 4 members (excludes halogenated alkanes) is 2. The number of nitrogens with zero attached hydrogens (tertiary/aromatic N) is 6. The van der Waals surface area contributed by atoms with Crippen LogP contribution in [0.25, 0.3) is 21.9 Å². The summed E-state index contributed by atoms with van der Waals surface area (Å²) in [5, 5.41) is 4.82. The molecule has 0 unspecified atom stereocenters. The van der Waals surface area contributed by atoms with Crippen LogP contribution in [0.2, 0.25) is 0 Å². The van der Waals surface area contributed by atoms with Crippen LogP contribution in [0.3, 0.4) is 0 Å². The number of piperazine rings is 2. The molecule has 4 aliphatic rings. The van der Waals surface area contributed by atoms with Crippen molar-refractivity contribution in [1.29, 1.82) is 0 Å². The molecule has 342 valence electrons. The van der Waals surface area contributed by atoms with Crippen molar-refractivity contribution in [2.24, 2.45) is 11.5 Å². The number of amides is 4. The first-order chi connectivity index (χ1) is 31.8. The zero-order valence-corrected chi connectivity index (χ0v) is 38.6. The second kappa shape index (κ2) is 20.5. The van der Waals surface area contributed by atoms with Gasteiger partial charge in [-0.25, -0.2) is 9.59 Å². The Morgan fingerprint density at radius 3 is 1.86 bits per heavy atom. The van der Waals surface area contributed by atoms with Gasteiger partial charge in [0.05, 0.1) is 24.6 Å². The summed E-state index contributed by atoms with van der Waals surface area (Å²) in [6.07, 6.45) is 6.07. The predicted octanol–water partition coefficient (Wildman–Crippen LogP) is 8.29. The molecule has 2 aromatic heterocycles. The number of hydrogen-bond acceptors (Lipinski definition) is 9. The number of rotatable bonds is 14. The largest absolute Gasteiger partial charge is 0.491 e. The second-order valence-electron chi connectivity index (χ2n) is 17.3. The minimum atomic E-state index is -0.526. The summed E-state index contributed by atoms with van der Waals surface area (Å²) in [5.41, 5.74) is 18.0. The number of aryl methyl sites for hydroxylation is 1. The Labute approximate surface area is 389 Å². The molecule has 0 spiro atoms. The van der Waals surface area contributed by atoms with E-state index in [1.165, 1.54) is 27.4 Å². The predicted molar refractivity (Wildman–Crippen MR) is 263 cm³/mol. The molecule has 0 saturated carbocycles. The van der Waals surface area contributed by atoms with Crippen LogP contribution in [0.15, 0.2) is 99.9 Å². The molecule has 4 aliphatic heterocycles. The first-order valence-electron chi connectivity index (χ1n) is 23.1. The number of carbonyl (C=O) groups excluding carboxylic acids is 2. The van der Waals surface area contributed by atoms with Gasteiger partial charge in [-0.15, -0.1) is 0 Å². The van der Waals surface area contributed by atoms with Crippen molar-refractivity contribution in [1.82, 2.24) is 14.4 Å². The van der Waals surface area contributed by atoms with Gasteiger partial charge in [-0.3, -0.25) is 20.0 Å². The zero-order chi connectivity index (χ0) is 44.7. The summed E-state index contributed by atoms with van der Waals surface area (Å²) in [5.74, 6) is 3.45. The minimum Gasteiger partial charge on any atom is -0.491 e. The average molecular weight is 947 g/mol. The van der Waals surface area contributed by atoms with Crippen LogP contribution >= 0.6 is 15.9 Å². The van der Waals surface area contributed by atoms with Crippen LogP contribution < -0.4 is 41.0 Å². The fourth-order valence-corrected chi connectivity index (χ4v) is 10.1. The number of furan rings is 1. The van der Waals surface area contributed by atoms with E-state index in [0.717, 1.165) is 167 Å². The number of urea groups is 2. The summed E-state index contributed by atoms with van der Waals surface area (Å²) >= 11 is 3.47. The number of benzene rings is 4. The van der Waals surface area contributed by atoms with E-state index in [1.807, 2.05) is 42.5 Å². The Balaban J connectivity index is 0.000000164. The minimum absolute atomic E-state index is 0.487. The summed E-state index contributed by atoms with van der Waals surface area (Å²) in [7, 11) is 0. The monoisotopic (exact) mass is 945 g/mol. The lowest BCUT2D eigenvalue weighted by Gasteiger charge is -2.36. The molecule has 0 bridgehead atoms. The maximum atomic E-state index is 12.0. The van der Waals surface area contributed by atoms with Crippen molar-refractivity contribution in [2.45, 2.75) is 45.1 Å². The third-order valence-electron chi connectivity index (χ3n) is 13.1. The molecule has 5 N–H and O–H groups in total. The normalized spacial score (nSPS) is 16.1. The fraction of sp³-hybridized carbons (Fsp3) is 0.400. The highest BCUT2D eigenvalue weighted by atomic mass is 79.9. The number of anilines is 4. The molecule has 4 amide bonds. The molecular formula is C50H60BrN9O5. The molecule has 0 atom stereocenters. The van der Waals surface area contributed by atoms with E-state index in [-0.39, 0.29) is 0 Å². The van der Waals surface area contributed by atoms with Gasteiger partial charge in [-0.2, -0.15) is 0 Å². The van der Waals surface area contributed by atoms with Crippen molar-refractivity contribution in [3.63, 3.8) is 0 Å². The number of carbonyl (C=O) groups is 2. The highest BCUT2D eigenvalue weighted by molar-refractivity contribution is 9.10. The van der Waals surface area contributed by atoms with Crippen molar-refractivity contribution in [3.05, 3.63) is 107 Å². The van der Waals surface area contributed by atoms with Gasteiger partial charge in [0.2, 0.25) is 5.88 Å². The SMILES string of the molecule is NC(=O)N(CCCCN1CCN(c2cccc3c2OCC3)CC1)c1cc2cc(Br)ccc2o1.NC(=O)Nc1cc2ccccc2n1CCCCN1CCN(c2cccc3c2OCC3)CC1. The molecule has 15 heteroatoms. The zero-order valence-electron chi connectivity index (χ0n) is 37.1. The van der Waals surface area contributed by atoms with Gasteiger partial charge >= 0.3 is 12.1 Å². The maximum Gasteiger partial charge on any atom is 0.321 e. The number of para-hydroxylation sites is 3. The standard InChI is InChI=1S/C25H29BrN4O3.C25H31N5O2/c26-20-6-7-22-19(16-20)17-23(33-22)30(25(27)31)10-2-1-9-28-11-13-29(14-12-28)21-5-3-4-18-8-15-32-24(18)21;26-25(31)27-23-18-20-6-1-2-8-21(20)30(23)12-4-3-11-28-13-15-29(16-14-28)22-9-5-7-19-10-17-32-24(19)22/h3-7,16-17H,1-2,8-15H2,(H2,27,31);1-2,5-9,18H,3-4,10-17H2,(H3,26,27,31). The van der Waals surface area contributed by atoms with Gasteiger partial charge in [-0.05, 0) is 92.4 Å². The van der Waals surface area contributed by atoms with E-state index < -0.39 is 12.1 Å². The van der Waals surface area contributed by atoms with E-state index in [4.69, 9.17) is 25.4 Å². The molecule has 4 aromatic carbocycles. The Hall–Kier alpha value is -5.90. The Morgan fingerprint density at radius 1 is 0.646 bits per heavy atom. The number of hydrogen-bond donors (Lipinski definition) is 3. The molecule has 6 aromatic rings. The molecule has 2 saturated heterocycles. The number of primary amides is 2. The van der Waals surface area contributed by atoms with Crippen LogP contribution in [0.4, 0.5) is 32.7 Å². The first kappa shape index (κ1) is 44.3. The number of nitrogens with two attached hydrogens (primary N) is 2. The van der Waals surface area contributed by atoms with Gasteiger partial charge in [0.1, 0.15) is 22.9 Å². The lowest BCUT2D eigenvalue weighted by Crippen LogP contribution is -2.46. The summed E-state index contributed by atoms with van der Waals surface area (Å²) in [6.45, 7) is 13.4. The molecule has 6 heterocycles. The highest BCUT2D eigenvalue weighted by Crippen LogP contribution is 2.38. The maximum absolute atomic E-state index is 12.0. The molecule has 10 rings (SSSR count). The smallest absolute Gasteiger partial charge is 0.321 e. The second-order valence-corrected chi connectivity index (χ2v) is 18.2. The van der Waals surface area contributed by atoms with Gasteiger partial charge < -0.3 is 39.7 Å². The van der Waals surface area contributed by atoms with Gasteiger partial charge in [0.25, 0.3) is 0 Å². The molecule has 2 fully saturated rings. The van der Waals surface area contributed by atoms with Gasteiger partial charge in [0, 0.05) is 105 Å². The van der Waals surface area contributed by atoms with Crippen molar-refractivity contribution >= 4 is 72.9 Å². The number of halogens is 1. The third kappa shape index (κ3) is 10.5. The number of fused-ring (bicyclic) bond motifs is 4. The number of ether oxygens (including phenoxy) is 2. The van der Waals surface area contributed by atoms with E-state index in [9.17, 15) is 9.59 Å². The van der Waals surface area contributed by atoms with Crippen molar-refractivity contribution in [2.75, 3.05) is 105 Å². The van der Waals surface area contributed by atoms with E-state index in [0.29, 0.717) is 12.4 Å². The number of nitrogens with one attached hydrogen (secondary N) is 1. The molecular weight excluding hydrogens is 887 g/mol. The molecule has 0 radical (unpaired) electrons. The van der Waals surface area contributed by atoms with Crippen LogP contribution in [0.1, 0.15) is 36.8 Å². The Bertz CT molecular complexity index is 2600. The van der Waals surface area contributed by atoms with Crippen LogP contribution in [-0.4, -0.2) is 112 Å². The number of aromatic nitrogens is 1. The Kier molecular flexibility index (Phi) is 14.0. The van der Waals surface area contributed by atoms with E-state index in [1.54, 1.807) is 0 Å². The highest BCUT2D eigenvalue weighted by Gasteiger charge is 2.25. The van der Waals surface area contributed by atoms with Crippen LogP contribution in [0, 0.1) is 0 Å². The van der Waals surface area contributed by atoms with Gasteiger partial charge in [-0.1, -0.05) is 58.4 Å². The van der Waals surface area contributed by atoms with E-state index >= 15 is 0 Å². The lowest BCUT2D eigenvalue weighted by atomic mass is 10.1. The van der Waals surface area contributed by atoms with Crippen LogP contribution in [0.5, 0.6) is 11.5 Å².